The van der Waals surface area contributed by atoms with Gasteiger partial charge in [0.15, 0.2) is 0 Å². The molecule has 1 aliphatic carbocycles. The van der Waals surface area contributed by atoms with Crippen molar-refractivity contribution < 1.29 is 9.59 Å². The highest BCUT2D eigenvalue weighted by atomic mass is 16.2. The lowest BCUT2D eigenvalue weighted by Crippen LogP contribution is -2.51. The summed E-state index contributed by atoms with van der Waals surface area (Å²) in [4.78, 5) is 28.7. The Morgan fingerprint density at radius 2 is 1.74 bits per heavy atom. The molecule has 34 heavy (non-hydrogen) atoms. The molecule has 3 aromatic rings. The Labute approximate surface area is 203 Å². The van der Waals surface area contributed by atoms with Gasteiger partial charge in [-0.05, 0) is 54.5 Å². The van der Waals surface area contributed by atoms with Crippen molar-refractivity contribution in [2.24, 2.45) is 0 Å². The number of benzene rings is 3. The number of amides is 2. The summed E-state index contributed by atoms with van der Waals surface area (Å²) in [5.41, 5.74) is 3.39. The lowest BCUT2D eigenvalue weighted by molar-refractivity contribution is -0.141. The molecular weight excluding hydrogens is 420 g/mol. The van der Waals surface area contributed by atoms with Crippen molar-refractivity contribution >= 4 is 22.6 Å². The Morgan fingerprint density at radius 1 is 1.00 bits per heavy atom. The van der Waals surface area contributed by atoms with E-state index in [0.717, 1.165) is 24.0 Å². The number of nitrogens with zero attached hydrogens (tertiary/aromatic N) is 1. The smallest absolute Gasteiger partial charge is 0.243 e. The fraction of sp³-hybridized carbons (Fsp3) is 0.400. The van der Waals surface area contributed by atoms with E-state index < -0.39 is 6.04 Å². The number of rotatable bonds is 9. The van der Waals surface area contributed by atoms with E-state index in [1.807, 2.05) is 36.1 Å². The van der Waals surface area contributed by atoms with Gasteiger partial charge in [0.25, 0.3) is 0 Å². The maximum absolute atomic E-state index is 13.6. The lowest BCUT2D eigenvalue weighted by Gasteiger charge is -2.31. The highest BCUT2D eigenvalue weighted by molar-refractivity contribution is 5.89. The summed E-state index contributed by atoms with van der Waals surface area (Å²) >= 11 is 0. The van der Waals surface area contributed by atoms with Crippen LogP contribution in [-0.4, -0.2) is 28.8 Å². The van der Waals surface area contributed by atoms with Crippen molar-refractivity contribution in [1.29, 1.82) is 0 Å². The minimum atomic E-state index is -0.457. The topological polar surface area (TPSA) is 49.4 Å². The molecule has 4 rings (SSSR count). The van der Waals surface area contributed by atoms with Gasteiger partial charge in [-0.2, -0.15) is 0 Å². The van der Waals surface area contributed by atoms with Crippen molar-refractivity contribution in [3.8, 4) is 0 Å². The average Bonchev–Trinajstić information content (AvgIpc) is 3.35. The summed E-state index contributed by atoms with van der Waals surface area (Å²) in [7, 11) is 0. The van der Waals surface area contributed by atoms with Gasteiger partial charge in [-0.25, -0.2) is 0 Å². The first-order valence-electron chi connectivity index (χ1n) is 12.7. The van der Waals surface area contributed by atoms with Crippen LogP contribution in [0.1, 0.15) is 62.1 Å². The molecule has 0 radical (unpaired) electrons. The zero-order valence-electron chi connectivity index (χ0n) is 20.4. The average molecular weight is 457 g/mol. The van der Waals surface area contributed by atoms with Crippen LogP contribution >= 0.6 is 0 Å². The minimum Gasteiger partial charge on any atom is -0.352 e. The van der Waals surface area contributed by atoms with Gasteiger partial charge in [0.1, 0.15) is 6.04 Å². The summed E-state index contributed by atoms with van der Waals surface area (Å²) in [5, 5.41) is 5.60. The van der Waals surface area contributed by atoms with E-state index in [9.17, 15) is 9.59 Å². The number of aryl methyl sites for hydroxylation is 2. The number of carbonyl (C=O) groups is 2. The normalized spacial score (nSPS) is 14.8. The largest absolute Gasteiger partial charge is 0.352 e. The third-order valence-corrected chi connectivity index (χ3v) is 7.01. The summed E-state index contributed by atoms with van der Waals surface area (Å²) in [6.45, 7) is 4.51. The third kappa shape index (κ3) is 5.85. The monoisotopic (exact) mass is 456 g/mol. The molecule has 1 N–H and O–H groups in total. The van der Waals surface area contributed by atoms with Gasteiger partial charge in [-0.3, -0.25) is 9.59 Å². The Balaban J connectivity index is 1.54. The van der Waals surface area contributed by atoms with Crippen LogP contribution in [0.4, 0.5) is 0 Å². The molecule has 0 heterocycles. The Bertz CT molecular complexity index is 1130. The number of carbonyl (C=O) groups excluding carboxylic acids is 2. The van der Waals surface area contributed by atoms with Crippen molar-refractivity contribution in [2.75, 3.05) is 0 Å². The Morgan fingerprint density at radius 3 is 2.50 bits per heavy atom. The zero-order chi connectivity index (χ0) is 23.9. The van der Waals surface area contributed by atoms with E-state index in [0.29, 0.717) is 25.8 Å². The van der Waals surface area contributed by atoms with Crippen molar-refractivity contribution in [3.05, 3.63) is 83.4 Å². The lowest BCUT2D eigenvalue weighted by atomic mass is 10.00. The van der Waals surface area contributed by atoms with E-state index in [1.54, 1.807) is 0 Å². The molecule has 2 amide bonds. The Kier molecular flexibility index (Phi) is 7.99. The minimum absolute atomic E-state index is 0.0134. The second kappa shape index (κ2) is 11.3. The summed E-state index contributed by atoms with van der Waals surface area (Å²) in [6, 6.07) is 22.6. The predicted molar refractivity (Wildman–Crippen MR) is 138 cm³/mol. The van der Waals surface area contributed by atoms with E-state index in [2.05, 4.69) is 54.7 Å². The van der Waals surface area contributed by atoms with E-state index in [4.69, 9.17) is 0 Å². The molecule has 1 fully saturated rings. The predicted octanol–water partition coefficient (Wildman–Crippen LogP) is 5.95. The maximum atomic E-state index is 13.6. The third-order valence-electron chi connectivity index (χ3n) is 7.01. The molecule has 1 aliphatic rings. The number of fused-ring (bicyclic) bond motifs is 1. The number of hydrogen-bond donors (Lipinski definition) is 1. The fourth-order valence-electron chi connectivity index (χ4n) is 5.19. The Hall–Kier alpha value is -3.14. The molecule has 0 bridgehead atoms. The van der Waals surface area contributed by atoms with E-state index >= 15 is 0 Å². The second-order valence-electron chi connectivity index (χ2n) is 9.56. The number of nitrogens with one attached hydrogen (secondary N) is 1. The first-order chi connectivity index (χ1) is 16.5. The highest BCUT2D eigenvalue weighted by Gasteiger charge is 2.30. The van der Waals surface area contributed by atoms with Gasteiger partial charge in [0.05, 0.1) is 0 Å². The molecule has 0 saturated heterocycles. The van der Waals surface area contributed by atoms with Crippen LogP contribution in [0.25, 0.3) is 10.8 Å². The van der Waals surface area contributed by atoms with E-state index in [-0.39, 0.29) is 17.9 Å². The molecule has 0 aliphatic heterocycles. The van der Waals surface area contributed by atoms with Crippen LogP contribution in [0, 0.1) is 6.92 Å². The van der Waals surface area contributed by atoms with Gasteiger partial charge in [0.2, 0.25) is 11.8 Å². The molecule has 1 saturated carbocycles. The first kappa shape index (κ1) is 24.0. The second-order valence-corrected chi connectivity index (χ2v) is 9.56. The van der Waals surface area contributed by atoms with Gasteiger partial charge in [-0.15, -0.1) is 0 Å². The van der Waals surface area contributed by atoms with Crippen molar-refractivity contribution in [1.82, 2.24) is 10.2 Å². The van der Waals surface area contributed by atoms with Crippen LogP contribution < -0.4 is 5.32 Å². The molecule has 3 aromatic carbocycles. The first-order valence-corrected chi connectivity index (χ1v) is 12.7. The molecular formula is C30H36N2O2. The fourth-order valence-corrected chi connectivity index (χ4v) is 5.19. The highest BCUT2D eigenvalue weighted by Crippen LogP contribution is 2.22. The summed E-state index contributed by atoms with van der Waals surface area (Å²) in [6.07, 6.45) is 6.05. The molecule has 178 valence electrons. The summed E-state index contributed by atoms with van der Waals surface area (Å²) < 4.78 is 0. The van der Waals surface area contributed by atoms with Crippen LogP contribution in [0.5, 0.6) is 0 Å². The van der Waals surface area contributed by atoms with Crippen LogP contribution in [0.3, 0.4) is 0 Å². The SMILES string of the molecule is CC[C@@H](C(=O)NC1CCCC1)N(Cc1cccc(C)c1)C(=O)CCc1cccc2ccccc12. The molecule has 4 heteroatoms. The molecule has 1 atom stereocenters. The van der Waals surface area contributed by atoms with Crippen LogP contribution in [-0.2, 0) is 22.6 Å². The summed E-state index contributed by atoms with van der Waals surface area (Å²) in [5.74, 6) is 0.0171. The van der Waals surface area contributed by atoms with Crippen LogP contribution in [0.2, 0.25) is 0 Å². The standard InChI is InChI=1S/C30H36N2O2/c1-3-28(30(34)31-26-15-5-6-16-26)32(21-23-11-8-10-22(2)20-23)29(33)19-18-25-14-9-13-24-12-4-7-17-27(24)25/h4,7-14,17,20,26,28H,3,5-6,15-16,18-19,21H2,1-2H3,(H,31,34)/t28-/m0/s1. The van der Waals surface area contributed by atoms with Gasteiger partial charge in [-0.1, -0.05) is 92.1 Å². The number of hydrogen-bond acceptors (Lipinski definition) is 2. The molecule has 0 aromatic heterocycles. The van der Waals surface area contributed by atoms with Gasteiger partial charge in [0, 0.05) is 19.0 Å². The molecule has 0 spiro atoms. The maximum Gasteiger partial charge on any atom is 0.243 e. The van der Waals surface area contributed by atoms with Gasteiger partial charge >= 0.3 is 0 Å². The molecule has 4 nitrogen and oxygen atoms in total. The van der Waals surface area contributed by atoms with Crippen molar-refractivity contribution in [2.45, 2.75) is 77.4 Å². The molecule has 0 unspecified atom stereocenters. The van der Waals surface area contributed by atoms with E-state index in [1.165, 1.54) is 29.2 Å². The quantitative estimate of drug-likeness (QED) is 0.433. The van der Waals surface area contributed by atoms with Gasteiger partial charge < -0.3 is 10.2 Å². The van der Waals surface area contributed by atoms with Crippen LogP contribution in [0.15, 0.2) is 66.7 Å². The van der Waals surface area contributed by atoms with Crippen molar-refractivity contribution in [3.63, 3.8) is 0 Å². The zero-order valence-corrected chi connectivity index (χ0v) is 20.4.